The van der Waals surface area contributed by atoms with Crippen molar-refractivity contribution in [3.05, 3.63) is 36.4 Å². The summed E-state index contributed by atoms with van der Waals surface area (Å²) in [6.45, 7) is 0. The van der Waals surface area contributed by atoms with E-state index in [4.69, 9.17) is 0 Å². The molecule has 14 heavy (non-hydrogen) atoms. The van der Waals surface area contributed by atoms with Crippen molar-refractivity contribution in [3.8, 4) is 11.1 Å². The number of H-pyrrole nitrogens is 1. The van der Waals surface area contributed by atoms with Gasteiger partial charge in [0.25, 0.3) is 6.43 Å². The van der Waals surface area contributed by atoms with Gasteiger partial charge in [0.15, 0.2) is 0 Å². The number of hydrogen-bond donors (Lipinski definition) is 1. The molecule has 2 rings (SSSR count). The van der Waals surface area contributed by atoms with Crippen LogP contribution in [0.3, 0.4) is 0 Å². The highest BCUT2D eigenvalue weighted by molar-refractivity contribution is 5.61. The fraction of sp³-hybridized carbons (Fsp3) is 0.111. The maximum atomic E-state index is 12.3. The van der Waals surface area contributed by atoms with Gasteiger partial charge >= 0.3 is 0 Å². The Bertz CT molecular complexity index is 412. The molecule has 72 valence electrons. The zero-order chi connectivity index (χ0) is 9.97. The number of alkyl halides is 2. The normalized spacial score (nSPS) is 10.8. The molecule has 0 aliphatic carbocycles. The summed E-state index contributed by atoms with van der Waals surface area (Å²) in [5.41, 5.74) is 1.24. The van der Waals surface area contributed by atoms with Crippen LogP contribution >= 0.6 is 0 Å². The first-order chi connectivity index (χ1) is 6.77. The molecule has 0 fully saturated rings. The van der Waals surface area contributed by atoms with Crippen LogP contribution in [0.1, 0.15) is 12.1 Å². The molecule has 2 heterocycles. The predicted octanol–water partition coefficient (Wildman–Crippen LogP) is 2.41. The second-order valence-electron chi connectivity index (χ2n) is 2.76. The van der Waals surface area contributed by atoms with Crippen LogP contribution in [0.2, 0.25) is 0 Å². The number of aromatic amines is 1. The smallest absolute Gasteiger partial charge is 0.280 e. The monoisotopic (exact) mass is 195 g/mol. The third kappa shape index (κ3) is 1.61. The summed E-state index contributed by atoms with van der Waals surface area (Å²) in [5.74, 6) is 0. The van der Waals surface area contributed by atoms with Gasteiger partial charge in [-0.2, -0.15) is 5.10 Å². The van der Waals surface area contributed by atoms with E-state index in [1.54, 1.807) is 18.5 Å². The molecule has 2 aromatic heterocycles. The third-order valence-corrected chi connectivity index (χ3v) is 1.84. The molecule has 0 radical (unpaired) electrons. The van der Waals surface area contributed by atoms with Gasteiger partial charge in [-0.05, 0) is 17.7 Å². The van der Waals surface area contributed by atoms with E-state index in [0.29, 0.717) is 5.56 Å². The van der Waals surface area contributed by atoms with Crippen LogP contribution in [0.25, 0.3) is 11.1 Å². The van der Waals surface area contributed by atoms with E-state index in [2.05, 4.69) is 15.2 Å². The number of pyridine rings is 1. The van der Waals surface area contributed by atoms with Gasteiger partial charge in [0.1, 0.15) is 5.69 Å². The maximum Gasteiger partial charge on any atom is 0.280 e. The van der Waals surface area contributed by atoms with Crippen LogP contribution in [0.15, 0.2) is 30.7 Å². The summed E-state index contributed by atoms with van der Waals surface area (Å²) >= 11 is 0. The number of aromatic nitrogens is 3. The molecule has 0 unspecified atom stereocenters. The van der Waals surface area contributed by atoms with Gasteiger partial charge in [0.05, 0.1) is 6.20 Å². The SMILES string of the molecule is FC(F)c1cc(-c2cn[nH]c2)ccn1. The largest absolute Gasteiger partial charge is 0.285 e. The van der Waals surface area contributed by atoms with E-state index >= 15 is 0 Å². The zero-order valence-corrected chi connectivity index (χ0v) is 7.11. The molecule has 0 bridgehead atoms. The Balaban J connectivity index is 2.41. The Morgan fingerprint density at radius 3 is 2.79 bits per heavy atom. The van der Waals surface area contributed by atoms with E-state index in [1.807, 2.05) is 0 Å². The molecule has 2 aromatic rings. The van der Waals surface area contributed by atoms with Crippen molar-refractivity contribution in [1.29, 1.82) is 0 Å². The predicted molar refractivity (Wildman–Crippen MR) is 46.8 cm³/mol. The van der Waals surface area contributed by atoms with Crippen molar-refractivity contribution in [2.24, 2.45) is 0 Å². The average Bonchev–Trinajstić information content (AvgIpc) is 2.71. The molecule has 3 nitrogen and oxygen atoms in total. The standard InChI is InChI=1S/C9H7F2N3/c10-9(11)8-3-6(1-2-12-8)7-4-13-14-5-7/h1-5,9H,(H,13,14). The Kier molecular flexibility index (Phi) is 2.22. The van der Waals surface area contributed by atoms with E-state index in [9.17, 15) is 8.78 Å². The molecule has 0 amide bonds. The Morgan fingerprint density at radius 2 is 2.14 bits per heavy atom. The summed E-state index contributed by atoms with van der Waals surface area (Å²) in [6, 6.07) is 3.02. The topological polar surface area (TPSA) is 41.6 Å². The minimum atomic E-state index is -2.54. The van der Waals surface area contributed by atoms with Crippen LogP contribution in [0, 0.1) is 0 Å². The number of nitrogens with zero attached hydrogens (tertiary/aromatic N) is 2. The second-order valence-corrected chi connectivity index (χ2v) is 2.76. The molecule has 5 heteroatoms. The van der Waals surface area contributed by atoms with Gasteiger partial charge in [0.2, 0.25) is 0 Å². The highest BCUT2D eigenvalue weighted by atomic mass is 19.3. The molecular weight excluding hydrogens is 188 g/mol. The summed E-state index contributed by atoms with van der Waals surface area (Å²) in [6.07, 6.45) is 2.04. The van der Waals surface area contributed by atoms with Gasteiger partial charge in [-0.15, -0.1) is 0 Å². The Labute approximate surface area is 78.8 Å². The van der Waals surface area contributed by atoms with Crippen LogP contribution in [0.5, 0.6) is 0 Å². The number of hydrogen-bond acceptors (Lipinski definition) is 2. The van der Waals surface area contributed by atoms with Gasteiger partial charge in [-0.1, -0.05) is 0 Å². The van der Waals surface area contributed by atoms with Crippen molar-refractivity contribution in [1.82, 2.24) is 15.2 Å². The fourth-order valence-electron chi connectivity index (χ4n) is 1.16. The van der Waals surface area contributed by atoms with Crippen molar-refractivity contribution in [2.45, 2.75) is 6.43 Å². The van der Waals surface area contributed by atoms with Crippen molar-refractivity contribution in [2.75, 3.05) is 0 Å². The summed E-state index contributed by atoms with van der Waals surface area (Å²) in [7, 11) is 0. The summed E-state index contributed by atoms with van der Waals surface area (Å²) < 4.78 is 24.6. The van der Waals surface area contributed by atoms with Crippen molar-refractivity contribution < 1.29 is 8.78 Å². The number of rotatable bonds is 2. The van der Waals surface area contributed by atoms with Crippen LogP contribution in [0.4, 0.5) is 8.78 Å². The molecule has 1 N–H and O–H groups in total. The molecular formula is C9H7F2N3. The molecule has 0 atom stereocenters. The average molecular weight is 195 g/mol. The molecule has 0 aromatic carbocycles. The minimum absolute atomic E-state index is 0.219. The van der Waals surface area contributed by atoms with E-state index in [-0.39, 0.29) is 5.69 Å². The van der Waals surface area contributed by atoms with Crippen LogP contribution < -0.4 is 0 Å². The van der Waals surface area contributed by atoms with Crippen LogP contribution in [-0.2, 0) is 0 Å². The maximum absolute atomic E-state index is 12.3. The highest BCUT2D eigenvalue weighted by Crippen LogP contribution is 2.22. The lowest BCUT2D eigenvalue weighted by Gasteiger charge is -2.00. The number of nitrogens with one attached hydrogen (secondary N) is 1. The van der Waals surface area contributed by atoms with E-state index in [1.165, 1.54) is 12.3 Å². The quantitative estimate of drug-likeness (QED) is 0.799. The minimum Gasteiger partial charge on any atom is -0.285 e. The summed E-state index contributed by atoms with van der Waals surface area (Å²) in [5, 5.41) is 6.36. The Hall–Kier alpha value is -1.78. The lowest BCUT2D eigenvalue weighted by Crippen LogP contribution is -1.89. The van der Waals surface area contributed by atoms with Gasteiger partial charge in [-0.25, -0.2) is 8.78 Å². The lowest BCUT2D eigenvalue weighted by atomic mass is 10.1. The van der Waals surface area contributed by atoms with Crippen molar-refractivity contribution in [3.63, 3.8) is 0 Å². The first-order valence-electron chi connectivity index (χ1n) is 4.00. The van der Waals surface area contributed by atoms with Crippen molar-refractivity contribution >= 4 is 0 Å². The number of halogens is 2. The molecule has 0 spiro atoms. The van der Waals surface area contributed by atoms with Gasteiger partial charge < -0.3 is 0 Å². The van der Waals surface area contributed by atoms with E-state index < -0.39 is 6.43 Å². The highest BCUT2D eigenvalue weighted by Gasteiger charge is 2.09. The van der Waals surface area contributed by atoms with Crippen LogP contribution in [-0.4, -0.2) is 15.2 Å². The second kappa shape index (κ2) is 3.53. The summed E-state index contributed by atoms with van der Waals surface area (Å²) in [4.78, 5) is 3.57. The zero-order valence-electron chi connectivity index (χ0n) is 7.11. The molecule has 0 aliphatic heterocycles. The van der Waals surface area contributed by atoms with E-state index in [0.717, 1.165) is 5.56 Å². The lowest BCUT2D eigenvalue weighted by molar-refractivity contribution is 0.146. The fourth-order valence-corrected chi connectivity index (χ4v) is 1.16. The first-order valence-corrected chi connectivity index (χ1v) is 4.00. The molecule has 0 aliphatic rings. The van der Waals surface area contributed by atoms with Gasteiger partial charge in [-0.3, -0.25) is 10.1 Å². The molecule has 0 saturated carbocycles. The third-order valence-electron chi connectivity index (χ3n) is 1.84. The molecule has 0 saturated heterocycles. The van der Waals surface area contributed by atoms with Gasteiger partial charge in [0, 0.05) is 18.0 Å². The first kappa shape index (κ1) is 8.80. The Morgan fingerprint density at radius 1 is 1.29 bits per heavy atom.